The predicted molar refractivity (Wildman–Crippen MR) is 69.3 cm³/mol. The van der Waals surface area contributed by atoms with Gasteiger partial charge in [-0.25, -0.2) is 0 Å². The number of hydrogen-bond donors (Lipinski definition) is 3. The lowest BCUT2D eigenvalue weighted by Gasteiger charge is -2.27. The van der Waals surface area contributed by atoms with Crippen LogP contribution in [0, 0.1) is 0 Å². The fourth-order valence-electron chi connectivity index (χ4n) is 1.73. The van der Waals surface area contributed by atoms with Crippen LogP contribution in [0.1, 0.15) is 13.8 Å². The zero-order valence-corrected chi connectivity index (χ0v) is 11.2. The van der Waals surface area contributed by atoms with E-state index in [4.69, 9.17) is 9.84 Å². The second-order valence-corrected chi connectivity index (χ2v) is 5.17. The smallest absolute Gasteiger partial charge is 0.0607 e. The molecule has 5 heteroatoms. The molecule has 1 heterocycles. The molecule has 1 saturated heterocycles. The Labute approximate surface area is 105 Å². The van der Waals surface area contributed by atoms with Gasteiger partial charge in [-0.1, -0.05) is 0 Å². The molecule has 5 nitrogen and oxygen atoms in total. The van der Waals surface area contributed by atoms with Crippen LogP contribution in [0.5, 0.6) is 0 Å². The van der Waals surface area contributed by atoms with E-state index in [1.807, 2.05) is 13.8 Å². The van der Waals surface area contributed by atoms with Crippen LogP contribution in [0.15, 0.2) is 0 Å². The van der Waals surface area contributed by atoms with Crippen LogP contribution in [-0.4, -0.2) is 74.6 Å². The molecule has 17 heavy (non-hydrogen) atoms. The van der Waals surface area contributed by atoms with Gasteiger partial charge in [-0.15, -0.1) is 0 Å². The number of nitrogens with one attached hydrogen (secondary N) is 2. The molecule has 0 unspecified atom stereocenters. The van der Waals surface area contributed by atoms with Crippen molar-refractivity contribution in [3.05, 3.63) is 0 Å². The minimum atomic E-state index is -0.175. The Balaban J connectivity index is 1.90. The van der Waals surface area contributed by atoms with Gasteiger partial charge in [-0.05, 0) is 13.8 Å². The Kier molecular flexibility index (Phi) is 6.99. The molecule has 1 aliphatic rings. The molecule has 0 atom stereocenters. The monoisotopic (exact) mass is 245 g/mol. The molecule has 0 aromatic rings. The quantitative estimate of drug-likeness (QED) is 0.492. The number of rotatable bonds is 8. The Hall–Kier alpha value is -0.200. The highest BCUT2D eigenvalue weighted by Gasteiger charge is 2.14. The van der Waals surface area contributed by atoms with Crippen LogP contribution < -0.4 is 10.6 Å². The first-order valence-electron chi connectivity index (χ1n) is 6.51. The largest absolute Gasteiger partial charge is 0.394 e. The van der Waals surface area contributed by atoms with Crippen LogP contribution in [-0.2, 0) is 4.74 Å². The molecule has 102 valence electrons. The Morgan fingerprint density at radius 2 is 1.88 bits per heavy atom. The fraction of sp³-hybridized carbons (Fsp3) is 1.00. The van der Waals surface area contributed by atoms with Gasteiger partial charge >= 0.3 is 0 Å². The van der Waals surface area contributed by atoms with E-state index in [0.29, 0.717) is 0 Å². The molecule has 1 fully saturated rings. The van der Waals surface area contributed by atoms with Gasteiger partial charge in [0.15, 0.2) is 0 Å². The van der Waals surface area contributed by atoms with Crippen molar-refractivity contribution in [1.82, 2.24) is 15.5 Å². The van der Waals surface area contributed by atoms with Gasteiger partial charge in [0.05, 0.1) is 19.8 Å². The van der Waals surface area contributed by atoms with Gasteiger partial charge < -0.3 is 20.5 Å². The first kappa shape index (κ1) is 14.9. The molecule has 3 N–H and O–H groups in total. The Morgan fingerprint density at radius 1 is 1.18 bits per heavy atom. The average Bonchev–Trinajstić information content (AvgIpc) is 2.35. The molecule has 0 amide bonds. The molecular weight excluding hydrogens is 218 g/mol. The van der Waals surface area contributed by atoms with Gasteiger partial charge in [0.2, 0.25) is 0 Å². The van der Waals surface area contributed by atoms with Crippen molar-refractivity contribution in [2.45, 2.75) is 19.4 Å². The predicted octanol–water partition coefficient (Wildman–Crippen LogP) is -0.731. The van der Waals surface area contributed by atoms with E-state index in [1.54, 1.807) is 0 Å². The van der Waals surface area contributed by atoms with E-state index in [1.165, 1.54) is 0 Å². The normalized spacial score (nSPS) is 18.5. The minimum absolute atomic E-state index is 0.167. The fourth-order valence-corrected chi connectivity index (χ4v) is 1.73. The first-order chi connectivity index (χ1) is 8.14. The highest BCUT2D eigenvalue weighted by molar-refractivity contribution is 4.76. The molecule has 0 aromatic carbocycles. The van der Waals surface area contributed by atoms with Gasteiger partial charge in [0, 0.05) is 44.8 Å². The molecule has 0 radical (unpaired) electrons. The third kappa shape index (κ3) is 6.95. The summed E-state index contributed by atoms with van der Waals surface area (Å²) in [5, 5.41) is 15.8. The summed E-state index contributed by atoms with van der Waals surface area (Å²) in [5.41, 5.74) is -0.175. The molecule has 1 aliphatic heterocycles. The molecule has 0 aliphatic carbocycles. The maximum atomic E-state index is 9.07. The van der Waals surface area contributed by atoms with E-state index >= 15 is 0 Å². The van der Waals surface area contributed by atoms with Crippen molar-refractivity contribution in [1.29, 1.82) is 0 Å². The van der Waals surface area contributed by atoms with Crippen molar-refractivity contribution in [2.75, 3.05) is 59.1 Å². The third-order valence-corrected chi connectivity index (χ3v) is 3.01. The van der Waals surface area contributed by atoms with E-state index in [2.05, 4.69) is 15.5 Å². The Morgan fingerprint density at radius 3 is 2.53 bits per heavy atom. The summed E-state index contributed by atoms with van der Waals surface area (Å²) in [6.45, 7) is 11.9. The number of aliphatic hydroxyl groups excluding tert-OH is 1. The summed E-state index contributed by atoms with van der Waals surface area (Å²) in [7, 11) is 0. The SMILES string of the molecule is CC(C)(CO)NCCNCCN1CCOCC1. The standard InChI is InChI=1S/C12H27N3O2/c1-12(2,11-16)14-4-3-13-5-6-15-7-9-17-10-8-15/h13-14,16H,3-11H2,1-2H3. The summed E-state index contributed by atoms with van der Waals surface area (Å²) in [4.78, 5) is 2.42. The van der Waals surface area contributed by atoms with E-state index in [9.17, 15) is 0 Å². The highest BCUT2D eigenvalue weighted by Crippen LogP contribution is 1.97. The summed E-state index contributed by atoms with van der Waals surface area (Å²) < 4.78 is 5.30. The number of ether oxygens (including phenoxy) is 1. The highest BCUT2D eigenvalue weighted by atomic mass is 16.5. The number of hydrogen-bond acceptors (Lipinski definition) is 5. The van der Waals surface area contributed by atoms with Gasteiger partial charge in [-0.2, -0.15) is 0 Å². The van der Waals surface area contributed by atoms with Gasteiger partial charge in [-0.3, -0.25) is 4.90 Å². The zero-order chi connectivity index (χ0) is 12.6. The Bertz CT molecular complexity index is 194. The van der Waals surface area contributed by atoms with Crippen LogP contribution in [0.2, 0.25) is 0 Å². The lowest BCUT2D eigenvalue weighted by molar-refractivity contribution is 0.0384. The van der Waals surface area contributed by atoms with Crippen molar-refractivity contribution in [3.8, 4) is 0 Å². The molecule has 0 bridgehead atoms. The second kappa shape index (κ2) is 8.00. The second-order valence-electron chi connectivity index (χ2n) is 5.17. The van der Waals surface area contributed by atoms with Crippen LogP contribution in [0.3, 0.4) is 0 Å². The number of aliphatic hydroxyl groups is 1. The van der Waals surface area contributed by atoms with Crippen molar-refractivity contribution >= 4 is 0 Å². The summed E-state index contributed by atoms with van der Waals surface area (Å²) in [6, 6.07) is 0. The van der Waals surface area contributed by atoms with Crippen molar-refractivity contribution in [2.24, 2.45) is 0 Å². The molecular formula is C12H27N3O2. The van der Waals surface area contributed by atoms with Crippen molar-refractivity contribution < 1.29 is 9.84 Å². The van der Waals surface area contributed by atoms with Crippen molar-refractivity contribution in [3.63, 3.8) is 0 Å². The van der Waals surface area contributed by atoms with Gasteiger partial charge in [0.25, 0.3) is 0 Å². The van der Waals surface area contributed by atoms with Crippen LogP contribution in [0.25, 0.3) is 0 Å². The van der Waals surface area contributed by atoms with E-state index < -0.39 is 0 Å². The van der Waals surface area contributed by atoms with Crippen LogP contribution >= 0.6 is 0 Å². The number of morpholine rings is 1. The minimum Gasteiger partial charge on any atom is -0.394 e. The van der Waals surface area contributed by atoms with E-state index in [0.717, 1.165) is 52.5 Å². The molecule has 1 rings (SSSR count). The van der Waals surface area contributed by atoms with E-state index in [-0.39, 0.29) is 12.1 Å². The third-order valence-electron chi connectivity index (χ3n) is 3.01. The average molecular weight is 245 g/mol. The topological polar surface area (TPSA) is 56.8 Å². The molecule has 0 aromatic heterocycles. The molecule has 0 spiro atoms. The maximum Gasteiger partial charge on any atom is 0.0607 e. The lowest BCUT2D eigenvalue weighted by Crippen LogP contribution is -2.46. The summed E-state index contributed by atoms with van der Waals surface area (Å²) >= 11 is 0. The van der Waals surface area contributed by atoms with Gasteiger partial charge in [0.1, 0.15) is 0 Å². The summed E-state index contributed by atoms with van der Waals surface area (Å²) in [6.07, 6.45) is 0. The number of nitrogens with zero attached hydrogens (tertiary/aromatic N) is 1. The zero-order valence-electron chi connectivity index (χ0n) is 11.2. The summed E-state index contributed by atoms with van der Waals surface area (Å²) in [5.74, 6) is 0. The molecule has 0 saturated carbocycles. The lowest BCUT2D eigenvalue weighted by atomic mass is 10.1. The maximum absolute atomic E-state index is 9.07. The van der Waals surface area contributed by atoms with Crippen LogP contribution in [0.4, 0.5) is 0 Å². The first-order valence-corrected chi connectivity index (χ1v) is 6.51.